The zero-order valence-electron chi connectivity index (χ0n) is 12.7. The molecule has 1 aliphatic rings. The van der Waals surface area contributed by atoms with Crippen molar-refractivity contribution in [3.05, 3.63) is 41.6 Å². The molecule has 1 saturated heterocycles. The van der Waals surface area contributed by atoms with Gasteiger partial charge in [0.25, 0.3) is 0 Å². The fourth-order valence-corrected chi connectivity index (χ4v) is 2.63. The number of carbonyl (C=O) groups is 1. The SMILES string of the molecule is CCOC(=O)c1cc2ccccc2nc1CN1CCOCC1. The lowest BCUT2D eigenvalue weighted by atomic mass is 10.1. The second-order valence-corrected chi connectivity index (χ2v) is 5.28. The zero-order chi connectivity index (χ0) is 15.4. The lowest BCUT2D eigenvalue weighted by Gasteiger charge is -2.26. The number of hydrogen-bond acceptors (Lipinski definition) is 5. The van der Waals surface area contributed by atoms with E-state index in [1.165, 1.54) is 0 Å². The van der Waals surface area contributed by atoms with E-state index in [4.69, 9.17) is 9.47 Å². The van der Waals surface area contributed by atoms with E-state index in [-0.39, 0.29) is 5.97 Å². The highest BCUT2D eigenvalue weighted by Gasteiger charge is 2.19. The van der Waals surface area contributed by atoms with Crippen molar-refractivity contribution in [2.24, 2.45) is 0 Å². The standard InChI is InChI=1S/C17H20N2O3/c1-2-22-17(20)14-11-13-5-3-4-6-15(13)18-16(14)12-19-7-9-21-10-8-19/h3-6,11H,2,7-10,12H2,1H3. The third kappa shape index (κ3) is 3.26. The number of carbonyl (C=O) groups excluding carboxylic acids is 1. The van der Waals surface area contributed by atoms with E-state index in [1.54, 1.807) is 0 Å². The third-order valence-corrected chi connectivity index (χ3v) is 3.78. The summed E-state index contributed by atoms with van der Waals surface area (Å²) in [5, 5.41) is 0.955. The normalized spacial score (nSPS) is 15.9. The molecule has 0 aliphatic carbocycles. The molecule has 0 atom stereocenters. The third-order valence-electron chi connectivity index (χ3n) is 3.78. The van der Waals surface area contributed by atoms with Crippen molar-refractivity contribution >= 4 is 16.9 Å². The number of morpholine rings is 1. The first-order valence-electron chi connectivity index (χ1n) is 7.64. The van der Waals surface area contributed by atoms with Crippen LogP contribution in [0.1, 0.15) is 23.0 Å². The van der Waals surface area contributed by atoms with E-state index >= 15 is 0 Å². The van der Waals surface area contributed by atoms with E-state index in [0.29, 0.717) is 18.7 Å². The average molecular weight is 300 g/mol. The fraction of sp³-hybridized carbons (Fsp3) is 0.412. The molecular formula is C17H20N2O3. The van der Waals surface area contributed by atoms with Gasteiger partial charge in [0.2, 0.25) is 0 Å². The zero-order valence-corrected chi connectivity index (χ0v) is 12.7. The van der Waals surface area contributed by atoms with Gasteiger partial charge in [-0.1, -0.05) is 18.2 Å². The molecule has 1 aliphatic heterocycles. The van der Waals surface area contributed by atoms with Gasteiger partial charge in [-0.2, -0.15) is 0 Å². The Morgan fingerprint density at radius 2 is 2.09 bits per heavy atom. The Morgan fingerprint density at radius 1 is 1.32 bits per heavy atom. The molecule has 0 N–H and O–H groups in total. The van der Waals surface area contributed by atoms with Crippen molar-refractivity contribution in [2.75, 3.05) is 32.9 Å². The van der Waals surface area contributed by atoms with Gasteiger partial charge in [0, 0.05) is 25.0 Å². The summed E-state index contributed by atoms with van der Waals surface area (Å²) in [5.74, 6) is -0.302. The van der Waals surface area contributed by atoms with Gasteiger partial charge in [-0.3, -0.25) is 9.88 Å². The highest BCUT2D eigenvalue weighted by atomic mass is 16.5. The maximum atomic E-state index is 12.2. The molecule has 22 heavy (non-hydrogen) atoms. The van der Waals surface area contributed by atoms with Gasteiger partial charge in [-0.05, 0) is 19.1 Å². The summed E-state index contributed by atoms with van der Waals surface area (Å²) in [6.45, 7) is 5.98. The average Bonchev–Trinajstić information content (AvgIpc) is 2.55. The monoisotopic (exact) mass is 300 g/mol. The van der Waals surface area contributed by atoms with Crippen LogP contribution in [0.5, 0.6) is 0 Å². The second-order valence-electron chi connectivity index (χ2n) is 5.28. The van der Waals surface area contributed by atoms with Crippen molar-refractivity contribution in [1.82, 2.24) is 9.88 Å². The first-order valence-corrected chi connectivity index (χ1v) is 7.64. The number of pyridine rings is 1. The van der Waals surface area contributed by atoms with Gasteiger partial charge in [0.05, 0.1) is 36.6 Å². The molecule has 1 fully saturated rings. The smallest absolute Gasteiger partial charge is 0.340 e. The minimum absolute atomic E-state index is 0.302. The summed E-state index contributed by atoms with van der Waals surface area (Å²) in [6, 6.07) is 9.71. The van der Waals surface area contributed by atoms with Gasteiger partial charge in [-0.25, -0.2) is 4.79 Å². The summed E-state index contributed by atoms with van der Waals surface area (Å²) in [6.07, 6.45) is 0. The molecule has 1 aromatic heterocycles. The van der Waals surface area contributed by atoms with Gasteiger partial charge in [0.15, 0.2) is 0 Å². The lowest BCUT2D eigenvalue weighted by molar-refractivity contribution is 0.0331. The van der Waals surface area contributed by atoms with Crippen LogP contribution in [-0.2, 0) is 16.0 Å². The van der Waals surface area contributed by atoms with Crippen LogP contribution >= 0.6 is 0 Å². The Kier molecular flexibility index (Phi) is 4.65. The Labute approximate surface area is 129 Å². The molecule has 2 heterocycles. The van der Waals surface area contributed by atoms with E-state index in [2.05, 4.69) is 9.88 Å². The van der Waals surface area contributed by atoms with Crippen LogP contribution < -0.4 is 0 Å². The summed E-state index contributed by atoms with van der Waals surface area (Å²) in [7, 11) is 0. The van der Waals surface area contributed by atoms with Crippen molar-refractivity contribution in [2.45, 2.75) is 13.5 Å². The van der Waals surface area contributed by atoms with Gasteiger partial charge < -0.3 is 9.47 Å². The second kappa shape index (κ2) is 6.85. The van der Waals surface area contributed by atoms with Gasteiger partial charge in [-0.15, -0.1) is 0 Å². The van der Waals surface area contributed by atoms with Crippen LogP contribution in [0.4, 0.5) is 0 Å². The minimum atomic E-state index is -0.302. The lowest BCUT2D eigenvalue weighted by Crippen LogP contribution is -2.36. The molecule has 5 heteroatoms. The molecule has 0 bridgehead atoms. The van der Waals surface area contributed by atoms with Crippen molar-refractivity contribution < 1.29 is 14.3 Å². The number of esters is 1. The van der Waals surface area contributed by atoms with Crippen molar-refractivity contribution in [3.8, 4) is 0 Å². The number of rotatable bonds is 4. The molecule has 3 rings (SSSR count). The van der Waals surface area contributed by atoms with E-state index in [1.807, 2.05) is 37.3 Å². The maximum absolute atomic E-state index is 12.2. The fourth-order valence-electron chi connectivity index (χ4n) is 2.63. The largest absolute Gasteiger partial charge is 0.462 e. The van der Waals surface area contributed by atoms with Crippen LogP contribution in [0.15, 0.2) is 30.3 Å². The molecule has 0 spiro atoms. The van der Waals surface area contributed by atoms with Crippen molar-refractivity contribution in [1.29, 1.82) is 0 Å². The van der Waals surface area contributed by atoms with Crippen molar-refractivity contribution in [3.63, 3.8) is 0 Å². The number of aromatic nitrogens is 1. The Morgan fingerprint density at radius 3 is 2.86 bits per heavy atom. The number of fused-ring (bicyclic) bond motifs is 1. The maximum Gasteiger partial charge on any atom is 0.340 e. The van der Waals surface area contributed by atoms with E-state index in [9.17, 15) is 4.79 Å². The summed E-state index contributed by atoms with van der Waals surface area (Å²) in [5.41, 5.74) is 2.24. The predicted molar refractivity (Wildman–Crippen MR) is 83.8 cm³/mol. The Hall–Kier alpha value is -1.98. The molecule has 0 unspecified atom stereocenters. The first kappa shape index (κ1) is 14.9. The molecule has 1 aromatic carbocycles. The van der Waals surface area contributed by atoms with Crippen LogP contribution in [0.2, 0.25) is 0 Å². The molecule has 116 valence electrons. The molecule has 5 nitrogen and oxygen atoms in total. The van der Waals surface area contributed by atoms with E-state index < -0.39 is 0 Å². The number of hydrogen-bond donors (Lipinski definition) is 0. The van der Waals surface area contributed by atoms with Crippen LogP contribution in [-0.4, -0.2) is 48.8 Å². The predicted octanol–water partition coefficient (Wildman–Crippen LogP) is 2.24. The summed E-state index contributed by atoms with van der Waals surface area (Å²) in [4.78, 5) is 19.2. The van der Waals surface area contributed by atoms with Gasteiger partial charge >= 0.3 is 5.97 Å². The molecule has 0 amide bonds. The quantitative estimate of drug-likeness (QED) is 0.811. The van der Waals surface area contributed by atoms with Gasteiger partial charge in [0.1, 0.15) is 0 Å². The Balaban J connectivity index is 1.96. The van der Waals surface area contributed by atoms with Crippen LogP contribution in [0, 0.1) is 0 Å². The summed E-state index contributed by atoms with van der Waals surface area (Å²) < 4.78 is 10.6. The number of para-hydroxylation sites is 1. The Bertz CT molecular complexity index is 666. The van der Waals surface area contributed by atoms with Crippen LogP contribution in [0.25, 0.3) is 10.9 Å². The number of benzene rings is 1. The van der Waals surface area contributed by atoms with Crippen LogP contribution in [0.3, 0.4) is 0 Å². The molecular weight excluding hydrogens is 280 g/mol. The first-order chi connectivity index (χ1) is 10.8. The summed E-state index contributed by atoms with van der Waals surface area (Å²) >= 11 is 0. The molecule has 0 radical (unpaired) electrons. The number of ether oxygens (including phenoxy) is 2. The highest BCUT2D eigenvalue weighted by molar-refractivity contribution is 5.95. The topological polar surface area (TPSA) is 51.7 Å². The molecule has 0 saturated carbocycles. The number of nitrogens with zero attached hydrogens (tertiary/aromatic N) is 2. The highest BCUT2D eigenvalue weighted by Crippen LogP contribution is 2.19. The minimum Gasteiger partial charge on any atom is -0.462 e. The van der Waals surface area contributed by atoms with E-state index in [0.717, 1.165) is 42.9 Å². The molecule has 2 aromatic rings.